The van der Waals surface area contributed by atoms with Crippen LogP contribution in [0.25, 0.3) is 0 Å². The van der Waals surface area contributed by atoms with Gasteiger partial charge in [0.25, 0.3) is 0 Å². The topological polar surface area (TPSA) is 90.5 Å². The molecule has 3 amide bonds. The van der Waals surface area contributed by atoms with E-state index in [0.29, 0.717) is 17.8 Å². The molecule has 0 aliphatic carbocycles. The lowest BCUT2D eigenvalue weighted by molar-refractivity contribution is -0.118. The number of urea groups is 1. The largest absolute Gasteiger partial charge is 0.394 e. The second-order valence-electron chi connectivity index (χ2n) is 6.72. The molecule has 1 aromatic carbocycles. The van der Waals surface area contributed by atoms with Crippen LogP contribution in [0.5, 0.6) is 0 Å². The molecule has 4 N–H and O–H groups in total. The summed E-state index contributed by atoms with van der Waals surface area (Å²) in [6, 6.07) is 4.98. The summed E-state index contributed by atoms with van der Waals surface area (Å²) in [5.74, 6) is -0.199. The smallest absolute Gasteiger partial charge is 0.319 e. The number of benzene rings is 1. The van der Waals surface area contributed by atoms with E-state index in [-0.39, 0.29) is 24.5 Å². The quantitative estimate of drug-likeness (QED) is 0.616. The summed E-state index contributed by atoms with van der Waals surface area (Å²) in [5.41, 5.74) is 1.48. The lowest BCUT2D eigenvalue weighted by Gasteiger charge is -2.28. The van der Waals surface area contributed by atoms with E-state index in [1.54, 1.807) is 12.1 Å². The number of carbonyl (C=O) groups excluding carboxylic acids is 2. The van der Waals surface area contributed by atoms with Gasteiger partial charge in [-0.1, -0.05) is 33.3 Å². The van der Waals surface area contributed by atoms with E-state index in [2.05, 4.69) is 16.0 Å². The lowest BCUT2D eigenvalue weighted by atomic mass is 9.98. The van der Waals surface area contributed by atoms with Gasteiger partial charge in [0.05, 0.1) is 12.1 Å². The molecule has 0 aliphatic heterocycles. The number of aliphatic hydroxyl groups excluding tert-OH is 1. The van der Waals surface area contributed by atoms with E-state index in [9.17, 15) is 14.7 Å². The fourth-order valence-electron chi connectivity index (χ4n) is 2.28. The molecule has 0 fully saturated rings. The highest BCUT2D eigenvalue weighted by Gasteiger charge is 2.24. The molecule has 1 rings (SSSR count). The van der Waals surface area contributed by atoms with Crippen LogP contribution in [-0.2, 0) is 4.79 Å². The Morgan fingerprint density at radius 2 is 1.92 bits per heavy atom. The van der Waals surface area contributed by atoms with E-state index in [0.717, 1.165) is 12.0 Å². The number of aryl methyl sites for hydroxylation is 1. The standard InChI is InChI=1S/C18H29N3O3/c1-6-9-18(5,11-22)21-17(24)20-15-10-14(8-7-13(15)4)19-16(23)12(2)3/h7-8,10,12,22H,6,9,11H2,1-5H3,(H,19,23)(H2,20,21,24)/t18-/m1/s1. The zero-order valence-corrected chi connectivity index (χ0v) is 15.2. The maximum Gasteiger partial charge on any atom is 0.319 e. The molecule has 0 unspecified atom stereocenters. The number of anilines is 2. The van der Waals surface area contributed by atoms with Crippen LogP contribution in [0.4, 0.5) is 16.2 Å². The van der Waals surface area contributed by atoms with Gasteiger partial charge in [-0.05, 0) is 38.0 Å². The molecular weight excluding hydrogens is 306 g/mol. The molecule has 6 heteroatoms. The first kappa shape index (κ1) is 20.0. The summed E-state index contributed by atoms with van der Waals surface area (Å²) in [7, 11) is 0. The highest BCUT2D eigenvalue weighted by molar-refractivity contribution is 5.95. The molecular formula is C18H29N3O3. The van der Waals surface area contributed by atoms with Gasteiger partial charge in [0.2, 0.25) is 5.91 Å². The van der Waals surface area contributed by atoms with E-state index < -0.39 is 5.54 Å². The van der Waals surface area contributed by atoms with Crippen molar-refractivity contribution in [1.82, 2.24) is 5.32 Å². The third-order valence-corrected chi connectivity index (χ3v) is 3.84. The Hall–Kier alpha value is -2.08. The van der Waals surface area contributed by atoms with Gasteiger partial charge in [-0.15, -0.1) is 0 Å². The Balaban J connectivity index is 2.83. The number of carbonyl (C=O) groups is 2. The number of rotatable bonds is 7. The van der Waals surface area contributed by atoms with Crippen LogP contribution in [0.3, 0.4) is 0 Å². The first-order valence-electron chi connectivity index (χ1n) is 8.32. The number of hydrogen-bond acceptors (Lipinski definition) is 3. The fraction of sp³-hybridized carbons (Fsp3) is 0.556. The summed E-state index contributed by atoms with van der Waals surface area (Å²) in [5, 5.41) is 17.9. The van der Waals surface area contributed by atoms with Crippen LogP contribution >= 0.6 is 0 Å². The third-order valence-electron chi connectivity index (χ3n) is 3.84. The van der Waals surface area contributed by atoms with Crippen molar-refractivity contribution in [1.29, 1.82) is 0 Å². The van der Waals surface area contributed by atoms with Crippen LogP contribution in [0.15, 0.2) is 18.2 Å². The third kappa shape index (κ3) is 5.85. The second-order valence-corrected chi connectivity index (χ2v) is 6.72. The summed E-state index contributed by atoms with van der Waals surface area (Å²) >= 11 is 0. The average molecular weight is 335 g/mol. The molecule has 1 atom stereocenters. The predicted octanol–water partition coefficient (Wildman–Crippen LogP) is 3.26. The van der Waals surface area contributed by atoms with Crippen molar-refractivity contribution in [2.24, 2.45) is 5.92 Å². The predicted molar refractivity (Wildman–Crippen MR) is 97.2 cm³/mol. The van der Waals surface area contributed by atoms with Gasteiger partial charge < -0.3 is 21.1 Å². The Morgan fingerprint density at radius 3 is 2.46 bits per heavy atom. The number of amides is 3. The first-order chi connectivity index (χ1) is 11.2. The maximum absolute atomic E-state index is 12.2. The molecule has 1 aromatic rings. The van der Waals surface area contributed by atoms with Crippen molar-refractivity contribution in [3.05, 3.63) is 23.8 Å². The first-order valence-corrected chi connectivity index (χ1v) is 8.32. The number of nitrogens with one attached hydrogen (secondary N) is 3. The van der Waals surface area contributed by atoms with E-state index >= 15 is 0 Å². The molecule has 0 aliphatic rings. The van der Waals surface area contributed by atoms with Crippen LogP contribution in [0.1, 0.15) is 46.1 Å². The molecule has 134 valence electrons. The molecule has 0 radical (unpaired) electrons. The number of hydrogen-bond donors (Lipinski definition) is 4. The SMILES string of the molecule is CCC[C@](C)(CO)NC(=O)Nc1cc(NC(=O)C(C)C)ccc1C. The summed E-state index contributed by atoms with van der Waals surface area (Å²) in [4.78, 5) is 24.0. The van der Waals surface area contributed by atoms with Crippen molar-refractivity contribution in [2.75, 3.05) is 17.2 Å². The van der Waals surface area contributed by atoms with Crippen molar-refractivity contribution in [3.8, 4) is 0 Å². The average Bonchev–Trinajstić information content (AvgIpc) is 2.50. The minimum absolute atomic E-state index is 0.0787. The second kappa shape index (κ2) is 8.68. The van der Waals surface area contributed by atoms with Crippen molar-refractivity contribution >= 4 is 23.3 Å². The van der Waals surface area contributed by atoms with Crippen LogP contribution < -0.4 is 16.0 Å². The monoisotopic (exact) mass is 335 g/mol. The Labute approximate surface area is 144 Å². The highest BCUT2D eigenvalue weighted by Crippen LogP contribution is 2.21. The Bertz CT molecular complexity index is 587. The van der Waals surface area contributed by atoms with Crippen LogP contribution in [-0.4, -0.2) is 29.2 Å². The molecule has 24 heavy (non-hydrogen) atoms. The summed E-state index contributed by atoms with van der Waals surface area (Å²) in [6.07, 6.45) is 1.54. The summed E-state index contributed by atoms with van der Waals surface area (Å²) in [6.45, 7) is 9.19. The molecule has 0 bridgehead atoms. The zero-order chi connectivity index (χ0) is 18.3. The van der Waals surface area contributed by atoms with E-state index in [4.69, 9.17) is 0 Å². The van der Waals surface area contributed by atoms with Gasteiger partial charge >= 0.3 is 6.03 Å². The lowest BCUT2D eigenvalue weighted by Crippen LogP contribution is -2.50. The Kier molecular flexibility index (Phi) is 7.22. The Morgan fingerprint density at radius 1 is 1.25 bits per heavy atom. The van der Waals surface area contributed by atoms with Gasteiger partial charge in [-0.3, -0.25) is 4.79 Å². The minimum Gasteiger partial charge on any atom is -0.394 e. The molecule has 0 saturated heterocycles. The summed E-state index contributed by atoms with van der Waals surface area (Å²) < 4.78 is 0. The van der Waals surface area contributed by atoms with Gasteiger partial charge in [-0.25, -0.2) is 4.79 Å². The van der Waals surface area contributed by atoms with Gasteiger partial charge in [0, 0.05) is 17.3 Å². The molecule has 0 heterocycles. The molecule has 0 aromatic heterocycles. The van der Waals surface area contributed by atoms with Crippen LogP contribution in [0.2, 0.25) is 0 Å². The maximum atomic E-state index is 12.2. The van der Waals surface area contributed by atoms with E-state index in [1.807, 2.05) is 40.7 Å². The fourth-order valence-corrected chi connectivity index (χ4v) is 2.28. The van der Waals surface area contributed by atoms with Gasteiger partial charge in [0.15, 0.2) is 0 Å². The number of aliphatic hydroxyl groups is 1. The zero-order valence-electron chi connectivity index (χ0n) is 15.2. The van der Waals surface area contributed by atoms with Crippen molar-refractivity contribution in [3.63, 3.8) is 0 Å². The molecule has 6 nitrogen and oxygen atoms in total. The normalized spacial score (nSPS) is 13.3. The highest BCUT2D eigenvalue weighted by atomic mass is 16.3. The molecule has 0 saturated carbocycles. The van der Waals surface area contributed by atoms with Crippen LogP contribution in [0, 0.1) is 12.8 Å². The minimum atomic E-state index is -0.657. The van der Waals surface area contributed by atoms with Gasteiger partial charge in [0.1, 0.15) is 0 Å². The van der Waals surface area contributed by atoms with Crippen molar-refractivity contribution < 1.29 is 14.7 Å². The van der Waals surface area contributed by atoms with Crippen molar-refractivity contribution in [2.45, 2.75) is 53.0 Å². The molecule has 0 spiro atoms. The van der Waals surface area contributed by atoms with E-state index in [1.165, 1.54) is 0 Å². The van der Waals surface area contributed by atoms with Gasteiger partial charge in [-0.2, -0.15) is 0 Å².